The van der Waals surface area contributed by atoms with Crippen LogP contribution in [0.4, 0.5) is 4.39 Å². The molecule has 0 saturated heterocycles. The van der Waals surface area contributed by atoms with Crippen molar-refractivity contribution >= 4 is 17.5 Å². The van der Waals surface area contributed by atoms with Crippen LogP contribution < -0.4 is 0 Å². The van der Waals surface area contributed by atoms with Crippen LogP contribution in [0.2, 0.25) is 5.02 Å². The van der Waals surface area contributed by atoms with E-state index in [1.54, 1.807) is 36.4 Å². The van der Waals surface area contributed by atoms with E-state index in [1.165, 1.54) is 37.1 Å². The van der Waals surface area contributed by atoms with Gasteiger partial charge in [-0.3, -0.25) is 14.7 Å². The Balaban J connectivity index is 1.76. The number of carbonyl (C=O) groups is 1. The summed E-state index contributed by atoms with van der Waals surface area (Å²) in [6.07, 6.45) is 1.75. The van der Waals surface area contributed by atoms with Crippen molar-refractivity contribution in [3.8, 4) is 6.07 Å². The van der Waals surface area contributed by atoms with Gasteiger partial charge in [-0.25, -0.2) is 4.39 Å². The number of aromatic nitrogens is 1. The number of fused-ring (bicyclic) bond motifs is 1. The van der Waals surface area contributed by atoms with E-state index < -0.39 is 35.3 Å². The number of amides is 1. The predicted octanol–water partition coefficient (Wildman–Crippen LogP) is 4.76. The van der Waals surface area contributed by atoms with Crippen molar-refractivity contribution in [1.29, 1.82) is 5.26 Å². The second kappa shape index (κ2) is 9.75. The Bertz CT molecular complexity index is 1420. The van der Waals surface area contributed by atoms with Crippen molar-refractivity contribution in [3.05, 3.63) is 99.1 Å². The summed E-state index contributed by atoms with van der Waals surface area (Å²) in [7, 11) is 0. The monoisotopic (exact) mass is 535 g/mol. The van der Waals surface area contributed by atoms with Gasteiger partial charge in [0, 0.05) is 16.8 Å². The molecule has 9 heteroatoms. The van der Waals surface area contributed by atoms with Crippen molar-refractivity contribution in [3.63, 3.8) is 0 Å². The van der Waals surface area contributed by atoms with Crippen molar-refractivity contribution in [1.82, 2.24) is 9.88 Å². The lowest BCUT2D eigenvalue weighted by Crippen LogP contribution is -2.50. The van der Waals surface area contributed by atoms with Gasteiger partial charge in [0.1, 0.15) is 11.9 Å². The molecule has 1 saturated carbocycles. The summed E-state index contributed by atoms with van der Waals surface area (Å²) in [6.45, 7) is 2.97. The lowest BCUT2D eigenvalue weighted by Gasteiger charge is -2.42. The summed E-state index contributed by atoms with van der Waals surface area (Å²) in [4.78, 5) is 19.8. The van der Waals surface area contributed by atoms with E-state index in [4.69, 9.17) is 21.6 Å². The summed E-state index contributed by atoms with van der Waals surface area (Å²) < 4.78 is 22.8. The number of hydrogen-bond acceptors (Lipinski definition) is 6. The third-order valence-corrected chi connectivity index (χ3v) is 7.49. The summed E-state index contributed by atoms with van der Waals surface area (Å²) in [5.74, 6) is -1.23. The molecule has 38 heavy (non-hydrogen) atoms. The molecule has 7 nitrogen and oxygen atoms in total. The van der Waals surface area contributed by atoms with Crippen LogP contribution in [0, 0.1) is 17.1 Å². The fraction of sp³-hybridized carbons (Fsp3) is 0.345. The summed E-state index contributed by atoms with van der Waals surface area (Å²) in [6, 6.07) is 14.6. The van der Waals surface area contributed by atoms with Crippen LogP contribution in [0.15, 0.2) is 54.7 Å². The fourth-order valence-corrected chi connectivity index (χ4v) is 5.38. The van der Waals surface area contributed by atoms with Gasteiger partial charge in [0.2, 0.25) is 5.72 Å². The van der Waals surface area contributed by atoms with Crippen LogP contribution in [-0.2, 0) is 22.6 Å². The number of aliphatic hydroxyl groups excluding tert-OH is 1. The number of rotatable bonds is 6. The third-order valence-electron chi connectivity index (χ3n) is 7.24. The van der Waals surface area contributed by atoms with Crippen LogP contribution in [0.1, 0.15) is 71.4 Å². The van der Waals surface area contributed by atoms with Crippen LogP contribution in [0.25, 0.3) is 0 Å². The number of aliphatic hydroxyl groups is 2. The number of carbonyl (C=O) groups excluding carboxylic acids is 1. The van der Waals surface area contributed by atoms with Crippen molar-refractivity contribution < 1.29 is 24.1 Å². The van der Waals surface area contributed by atoms with Gasteiger partial charge in [-0.2, -0.15) is 5.26 Å². The zero-order valence-electron chi connectivity index (χ0n) is 21.0. The molecule has 0 bridgehead atoms. The Labute approximate surface area is 225 Å². The maximum absolute atomic E-state index is 16.2. The predicted molar refractivity (Wildman–Crippen MR) is 137 cm³/mol. The Kier molecular flexibility index (Phi) is 6.74. The highest BCUT2D eigenvalue weighted by atomic mass is 35.5. The van der Waals surface area contributed by atoms with Crippen LogP contribution in [0.3, 0.4) is 0 Å². The minimum atomic E-state index is -1.75. The molecule has 1 fully saturated rings. The first-order chi connectivity index (χ1) is 18.0. The molecule has 0 radical (unpaired) electrons. The van der Waals surface area contributed by atoms with Crippen molar-refractivity contribution in [2.75, 3.05) is 0 Å². The van der Waals surface area contributed by atoms with E-state index in [2.05, 4.69) is 4.98 Å². The first-order valence-electron chi connectivity index (χ1n) is 12.4. The standard InChI is InChI=1S/C29H27ClFN3O4/c1-28(2,37)19-12-22-26(23(31)13-19)29(18-7-9-20(30)10-8-18,38-25-5-3-4-24(25)35)34(27(22)36)16-21-11-6-17(14-32)15-33-21/h6-13,15,24-25,35,37H,3-5,16H2,1-2H3/t24?,25?,29-/m1/s1. The summed E-state index contributed by atoms with van der Waals surface area (Å²) in [5.41, 5.74) is -1.57. The number of ether oxygens (including phenoxy) is 1. The molecule has 2 heterocycles. The van der Waals surface area contributed by atoms with Crippen molar-refractivity contribution in [2.45, 2.75) is 63.2 Å². The fourth-order valence-electron chi connectivity index (χ4n) is 5.26. The number of halogens is 2. The molecule has 1 aliphatic heterocycles. The van der Waals surface area contributed by atoms with Gasteiger partial charge >= 0.3 is 0 Å². The zero-order chi connectivity index (χ0) is 27.2. The largest absolute Gasteiger partial charge is 0.390 e. The SMILES string of the molecule is CC(C)(O)c1cc(F)c2c(c1)C(=O)N(Cc1ccc(C#N)cn1)[C@@]2(OC1CCCC1O)c1ccc(Cl)cc1. The van der Waals surface area contributed by atoms with E-state index >= 15 is 4.39 Å². The Morgan fingerprint density at radius 3 is 2.55 bits per heavy atom. The molecule has 1 aromatic heterocycles. The van der Waals surface area contributed by atoms with Gasteiger partial charge < -0.3 is 14.9 Å². The van der Waals surface area contributed by atoms with Crippen LogP contribution in [-0.4, -0.2) is 38.2 Å². The third kappa shape index (κ3) is 4.46. The molecule has 3 aromatic rings. The average molecular weight is 536 g/mol. The molecule has 196 valence electrons. The Morgan fingerprint density at radius 1 is 1.24 bits per heavy atom. The lowest BCUT2D eigenvalue weighted by atomic mass is 9.88. The smallest absolute Gasteiger partial charge is 0.257 e. The normalized spacial score (nSPS) is 23.0. The number of pyridine rings is 1. The highest BCUT2D eigenvalue weighted by Gasteiger charge is 2.56. The molecule has 2 unspecified atom stereocenters. The van der Waals surface area contributed by atoms with Gasteiger partial charge in [-0.1, -0.05) is 23.7 Å². The molecular formula is C29H27ClFN3O4. The number of benzene rings is 2. The minimum absolute atomic E-state index is 0.00516. The average Bonchev–Trinajstić information content (AvgIpc) is 3.39. The van der Waals surface area contributed by atoms with Gasteiger partial charge in [0.25, 0.3) is 5.91 Å². The van der Waals surface area contributed by atoms with Gasteiger partial charge in [-0.15, -0.1) is 0 Å². The summed E-state index contributed by atoms with van der Waals surface area (Å²) in [5, 5.41) is 30.9. The molecule has 2 N–H and O–H groups in total. The van der Waals surface area contributed by atoms with E-state index in [1.807, 2.05) is 6.07 Å². The zero-order valence-corrected chi connectivity index (χ0v) is 21.7. The molecule has 5 rings (SSSR count). The molecule has 0 spiro atoms. The van der Waals surface area contributed by atoms with Gasteiger partial charge in [-0.05, 0) is 75.1 Å². The molecule has 3 atom stereocenters. The van der Waals surface area contributed by atoms with E-state index in [0.717, 1.165) is 6.42 Å². The van der Waals surface area contributed by atoms with E-state index in [9.17, 15) is 15.0 Å². The molecular weight excluding hydrogens is 509 g/mol. The van der Waals surface area contributed by atoms with Gasteiger partial charge in [0.05, 0.1) is 46.7 Å². The van der Waals surface area contributed by atoms with E-state index in [-0.39, 0.29) is 23.2 Å². The van der Waals surface area contributed by atoms with E-state index in [0.29, 0.717) is 34.7 Å². The van der Waals surface area contributed by atoms with Crippen LogP contribution in [0.5, 0.6) is 0 Å². The highest BCUT2D eigenvalue weighted by molar-refractivity contribution is 6.30. The number of nitriles is 1. The highest BCUT2D eigenvalue weighted by Crippen LogP contribution is 2.50. The molecule has 2 aliphatic rings. The molecule has 1 aliphatic carbocycles. The van der Waals surface area contributed by atoms with Gasteiger partial charge in [0.15, 0.2) is 0 Å². The summed E-state index contributed by atoms with van der Waals surface area (Å²) >= 11 is 6.18. The second-order valence-corrected chi connectivity index (χ2v) is 10.7. The minimum Gasteiger partial charge on any atom is -0.390 e. The first kappa shape index (κ1) is 26.3. The van der Waals surface area contributed by atoms with Crippen molar-refractivity contribution in [2.24, 2.45) is 0 Å². The maximum atomic E-state index is 16.2. The Hall–Kier alpha value is -3.35. The topological polar surface area (TPSA) is 107 Å². The molecule has 2 aromatic carbocycles. The lowest BCUT2D eigenvalue weighted by molar-refractivity contribution is -0.169. The number of hydrogen-bond donors (Lipinski definition) is 2. The Morgan fingerprint density at radius 2 is 1.97 bits per heavy atom. The van der Waals surface area contributed by atoms with Crippen LogP contribution >= 0.6 is 11.6 Å². The second-order valence-electron chi connectivity index (χ2n) is 10.3. The quantitative estimate of drug-likeness (QED) is 0.471. The number of nitrogens with zero attached hydrogens (tertiary/aromatic N) is 3. The first-order valence-corrected chi connectivity index (χ1v) is 12.8. The maximum Gasteiger partial charge on any atom is 0.257 e. The molecule has 1 amide bonds.